The summed E-state index contributed by atoms with van der Waals surface area (Å²) in [6, 6.07) is 0. The molecule has 1 aromatic heterocycles. The van der Waals surface area contributed by atoms with Gasteiger partial charge in [-0.1, -0.05) is 0 Å². The van der Waals surface area contributed by atoms with Gasteiger partial charge in [-0.15, -0.1) is 0 Å². The predicted octanol–water partition coefficient (Wildman–Crippen LogP) is 0.832. The van der Waals surface area contributed by atoms with E-state index in [2.05, 4.69) is 4.98 Å². The molecule has 1 fully saturated rings. The minimum atomic E-state index is -1.22. The first-order chi connectivity index (χ1) is 8.02. The third-order valence-corrected chi connectivity index (χ3v) is 3.11. The quantitative estimate of drug-likeness (QED) is 0.773. The third-order valence-electron chi connectivity index (χ3n) is 2.80. The minimum absolute atomic E-state index is 0.116. The third kappa shape index (κ3) is 2.31. The maximum Gasteiger partial charge on any atom is 0.254 e. The van der Waals surface area contributed by atoms with Crippen molar-refractivity contribution in [1.29, 1.82) is 0 Å². The molecule has 1 aliphatic rings. The largest absolute Gasteiger partial charge is 0.394 e. The van der Waals surface area contributed by atoms with Crippen molar-refractivity contribution in [2.45, 2.75) is 31.8 Å². The van der Waals surface area contributed by atoms with Gasteiger partial charge in [-0.2, -0.15) is 0 Å². The van der Waals surface area contributed by atoms with Crippen LogP contribution in [0.5, 0.6) is 0 Å². The van der Waals surface area contributed by atoms with Crippen LogP contribution in [-0.4, -0.2) is 33.5 Å². The average Bonchev–Trinajstić information content (AvgIpc) is 2.65. The number of aromatic amines is 1. The summed E-state index contributed by atoms with van der Waals surface area (Å²) in [6.07, 6.45) is -0.970. The lowest BCUT2D eigenvalue weighted by Crippen LogP contribution is -2.22. The molecular formula is C10H13FN2O3S. The zero-order chi connectivity index (χ0) is 12.6. The van der Waals surface area contributed by atoms with E-state index in [0.717, 1.165) is 0 Å². The fourth-order valence-corrected chi connectivity index (χ4v) is 2.09. The molecule has 7 heteroatoms. The molecule has 1 aromatic rings. The second kappa shape index (κ2) is 4.67. The molecule has 2 heterocycles. The molecule has 94 valence electrons. The molecule has 0 aromatic carbocycles. The number of alkyl halides is 1. The molecular weight excluding hydrogens is 247 g/mol. The summed E-state index contributed by atoms with van der Waals surface area (Å²) < 4.78 is 20.5. The molecule has 17 heavy (non-hydrogen) atoms. The Balaban J connectivity index is 2.34. The highest BCUT2D eigenvalue weighted by Gasteiger charge is 2.36. The van der Waals surface area contributed by atoms with Gasteiger partial charge in [0.1, 0.15) is 18.5 Å². The van der Waals surface area contributed by atoms with E-state index in [9.17, 15) is 9.18 Å². The fourth-order valence-electron chi connectivity index (χ4n) is 1.82. The number of halogens is 1. The van der Waals surface area contributed by atoms with Gasteiger partial charge in [-0.05, 0) is 19.1 Å². The summed E-state index contributed by atoms with van der Waals surface area (Å²) in [5.74, 6) is 0. The highest BCUT2D eigenvalue weighted by Crippen LogP contribution is 2.30. The minimum Gasteiger partial charge on any atom is -0.394 e. The second-order valence-corrected chi connectivity index (χ2v) is 4.43. The lowest BCUT2D eigenvalue weighted by atomic mass is 10.2. The summed E-state index contributed by atoms with van der Waals surface area (Å²) >= 11 is 4.99. The Morgan fingerprint density at radius 2 is 2.47 bits per heavy atom. The molecule has 3 atom stereocenters. The Hall–Kier alpha value is -1.05. The van der Waals surface area contributed by atoms with Gasteiger partial charge in [0, 0.05) is 18.2 Å². The number of hydrogen-bond donors (Lipinski definition) is 2. The van der Waals surface area contributed by atoms with Crippen LogP contribution in [0.4, 0.5) is 4.39 Å². The summed E-state index contributed by atoms with van der Waals surface area (Å²) in [7, 11) is 0. The molecule has 2 rings (SSSR count). The summed E-state index contributed by atoms with van der Waals surface area (Å²) in [6.45, 7) is 1.27. The van der Waals surface area contributed by atoms with Crippen molar-refractivity contribution < 1.29 is 14.2 Å². The fraction of sp³-hybridized carbons (Fsp3) is 0.600. The number of nitrogens with one attached hydrogen (secondary N) is 1. The number of ether oxygens (including phenoxy) is 1. The molecule has 0 aliphatic carbocycles. The molecule has 0 amide bonds. The molecule has 1 unspecified atom stereocenters. The standard InChI is InChI=1S/C10H13FN2O3S/c1-5-3-13(10(17)12-9(5)15)8-2-6(11)7(4-14)16-8/h3,6-8,14H,2,4H2,1H3,(H,12,15,17)/t6?,7-,8-/m1/s1. The summed E-state index contributed by atoms with van der Waals surface area (Å²) in [4.78, 5) is 13.8. The topological polar surface area (TPSA) is 67.2 Å². The zero-order valence-corrected chi connectivity index (χ0v) is 10.0. The Morgan fingerprint density at radius 3 is 3.06 bits per heavy atom. The SMILES string of the molecule is Cc1cn([C@H]2CC(F)[C@@H](CO)O2)c(=S)[nH]c1=O. The highest BCUT2D eigenvalue weighted by atomic mass is 32.1. The summed E-state index contributed by atoms with van der Waals surface area (Å²) in [5, 5.41) is 8.91. The van der Waals surface area contributed by atoms with E-state index in [1.807, 2.05) is 0 Å². The van der Waals surface area contributed by atoms with Crippen LogP contribution < -0.4 is 5.56 Å². The zero-order valence-electron chi connectivity index (χ0n) is 9.22. The van der Waals surface area contributed by atoms with E-state index in [-0.39, 0.29) is 23.4 Å². The van der Waals surface area contributed by atoms with Gasteiger partial charge < -0.3 is 9.84 Å². The molecule has 5 nitrogen and oxygen atoms in total. The Bertz CT molecular complexity index is 527. The lowest BCUT2D eigenvalue weighted by molar-refractivity contribution is -0.0349. The molecule has 0 bridgehead atoms. The molecule has 0 radical (unpaired) electrons. The number of H-pyrrole nitrogens is 1. The highest BCUT2D eigenvalue weighted by molar-refractivity contribution is 7.71. The normalized spacial score (nSPS) is 28.5. The predicted molar refractivity (Wildman–Crippen MR) is 61.1 cm³/mol. The molecule has 2 N–H and O–H groups in total. The number of rotatable bonds is 2. The van der Waals surface area contributed by atoms with E-state index in [4.69, 9.17) is 22.1 Å². The monoisotopic (exact) mass is 260 g/mol. The van der Waals surface area contributed by atoms with Gasteiger partial charge in [-0.3, -0.25) is 14.3 Å². The lowest BCUT2D eigenvalue weighted by Gasteiger charge is -2.15. The maximum atomic E-state index is 13.4. The number of aliphatic hydroxyl groups is 1. The van der Waals surface area contributed by atoms with Crippen LogP contribution in [0, 0.1) is 11.7 Å². The first-order valence-corrected chi connectivity index (χ1v) is 5.66. The van der Waals surface area contributed by atoms with Gasteiger partial charge >= 0.3 is 0 Å². The van der Waals surface area contributed by atoms with E-state index in [1.165, 1.54) is 10.8 Å². The van der Waals surface area contributed by atoms with E-state index in [0.29, 0.717) is 5.56 Å². The number of aryl methyl sites for hydroxylation is 1. The van der Waals surface area contributed by atoms with Crippen LogP contribution in [0.25, 0.3) is 0 Å². The molecule has 0 saturated carbocycles. The second-order valence-electron chi connectivity index (χ2n) is 4.04. The van der Waals surface area contributed by atoms with Crippen molar-refractivity contribution in [3.8, 4) is 0 Å². The van der Waals surface area contributed by atoms with Gasteiger partial charge in [-0.25, -0.2) is 4.39 Å². The van der Waals surface area contributed by atoms with Crippen molar-refractivity contribution in [2.75, 3.05) is 6.61 Å². The van der Waals surface area contributed by atoms with Crippen molar-refractivity contribution in [3.05, 3.63) is 26.9 Å². The molecule has 1 aliphatic heterocycles. The van der Waals surface area contributed by atoms with E-state index >= 15 is 0 Å². The van der Waals surface area contributed by atoms with Crippen LogP contribution >= 0.6 is 12.2 Å². The van der Waals surface area contributed by atoms with Crippen LogP contribution in [0.3, 0.4) is 0 Å². The van der Waals surface area contributed by atoms with Crippen LogP contribution in [0.1, 0.15) is 18.2 Å². The average molecular weight is 260 g/mol. The van der Waals surface area contributed by atoms with Gasteiger partial charge in [0.05, 0.1) is 6.61 Å². The molecule has 0 spiro atoms. The van der Waals surface area contributed by atoms with E-state index in [1.54, 1.807) is 6.92 Å². The van der Waals surface area contributed by atoms with Gasteiger partial charge in [0.2, 0.25) is 0 Å². The van der Waals surface area contributed by atoms with Crippen LogP contribution in [0.15, 0.2) is 11.0 Å². The summed E-state index contributed by atoms with van der Waals surface area (Å²) in [5.41, 5.74) is 0.213. The van der Waals surface area contributed by atoms with Crippen molar-refractivity contribution in [1.82, 2.24) is 9.55 Å². The van der Waals surface area contributed by atoms with Crippen LogP contribution in [0.2, 0.25) is 0 Å². The molecule has 1 saturated heterocycles. The van der Waals surface area contributed by atoms with Crippen molar-refractivity contribution in [2.24, 2.45) is 0 Å². The van der Waals surface area contributed by atoms with Crippen molar-refractivity contribution in [3.63, 3.8) is 0 Å². The Labute approximate surface area is 102 Å². The first kappa shape index (κ1) is 12.4. The Morgan fingerprint density at radius 1 is 1.76 bits per heavy atom. The number of aliphatic hydroxyl groups excluding tert-OH is 1. The van der Waals surface area contributed by atoms with Gasteiger partial charge in [0.25, 0.3) is 5.56 Å². The maximum absolute atomic E-state index is 13.4. The Kier molecular flexibility index (Phi) is 3.41. The van der Waals surface area contributed by atoms with Crippen LogP contribution in [-0.2, 0) is 4.74 Å². The number of aromatic nitrogens is 2. The first-order valence-electron chi connectivity index (χ1n) is 5.25. The van der Waals surface area contributed by atoms with Crippen molar-refractivity contribution >= 4 is 12.2 Å². The van der Waals surface area contributed by atoms with Gasteiger partial charge in [0.15, 0.2) is 4.77 Å². The number of hydrogen-bond acceptors (Lipinski definition) is 4. The smallest absolute Gasteiger partial charge is 0.254 e. The number of nitrogens with zero attached hydrogens (tertiary/aromatic N) is 1. The van der Waals surface area contributed by atoms with E-state index < -0.39 is 18.5 Å².